The number of anilines is 1. The van der Waals surface area contributed by atoms with Gasteiger partial charge in [-0.05, 0) is 73.1 Å². The zero-order valence-electron chi connectivity index (χ0n) is 14.9. The third-order valence-electron chi connectivity index (χ3n) is 7.01. The molecule has 1 aromatic carbocycles. The summed E-state index contributed by atoms with van der Waals surface area (Å²) >= 11 is 0. The number of hydrogen-bond donors (Lipinski definition) is 2. The van der Waals surface area contributed by atoms with Crippen molar-refractivity contribution in [1.82, 2.24) is 0 Å². The Hall–Kier alpha value is -2.04. The van der Waals surface area contributed by atoms with Gasteiger partial charge in [-0.3, -0.25) is 4.79 Å². The number of methoxy groups -OCH3 is 1. The lowest BCUT2D eigenvalue weighted by molar-refractivity contribution is -0.129. The van der Waals surface area contributed by atoms with Crippen LogP contribution in [0.2, 0.25) is 0 Å². The van der Waals surface area contributed by atoms with Gasteiger partial charge in [-0.25, -0.2) is 4.79 Å². The number of nitrogens with one attached hydrogen (secondary N) is 1. The molecule has 3 N–H and O–H groups in total. The fourth-order valence-electron chi connectivity index (χ4n) is 5.77. The van der Waals surface area contributed by atoms with Crippen molar-refractivity contribution >= 4 is 17.5 Å². The maximum Gasteiger partial charge on any atom is 0.316 e. The van der Waals surface area contributed by atoms with Gasteiger partial charge in [0.1, 0.15) is 11.5 Å². The minimum Gasteiger partial charge on any atom is -0.495 e. The molecule has 4 rings (SSSR count). The number of primary amides is 1. The Balaban J connectivity index is 1.71. The third-order valence-corrected chi connectivity index (χ3v) is 7.01. The van der Waals surface area contributed by atoms with Gasteiger partial charge in [0, 0.05) is 11.8 Å². The number of aryl methyl sites for hydroxylation is 1. The van der Waals surface area contributed by atoms with E-state index in [0.717, 1.165) is 38.5 Å². The van der Waals surface area contributed by atoms with E-state index in [9.17, 15) is 9.59 Å². The molecule has 0 unspecified atom stereocenters. The van der Waals surface area contributed by atoms with Crippen molar-refractivity contribution in [2.24, 2.45) is 23.0 Å². The van der Waals surface area contributed by atoms with Gasteiger partial charge in [0.25, 0.3) is 0 Å². The first-order chi connectivity index (χ1) is 11.9. The standard InChI is InChI=1S/C20H26N2O3/c1-20-8-7-12-13(15(20)5-6-18(20)23)4-3-11-9-16(22-19(21)24)17(25-2)10-14(11)12/h9-10,12-13,15H,3-8H2,1-2H3,(H3,21,22,24)/t12-,13+,15-,20-/m0/s1. The van der Waals surface area contributed by atoms with Crippen LogP contribution < -0.4 is 15.8 Å². The summed E-state index contributed by atoms with van der Waals surface area (Å²) in [6.45, 7) is 2.19. The zero-order chi connectivity index (χ0) is 17.8. The molecule has 134 valence electrons. The zero-order valence-corrected chi connectivity index (χ0v) is 14.9. The van der Waals surface area contributed by atoms with Crippen molar-refractivity contribution in [3.8, 4) is 5.75 Å². The number of benzene rings is 1. The highest BCUT2D eigenvalue weighted by Gasteiger charge is 2.54. The van der Waals surface area contributed by atoms with Gasteiger partial charge in [-0.1, -0.05) is 6.92 Å². The molecule has 5 heteroatoms. The maximum absolute atomic E-state index is 12.4. The Morgan fingerprint density at radius 1 is 1.28 bits per heavy atom. The topological polar surface area (TPSA) is 81.4 Å². The molecule has 0 radical (unpaired) electrons. The van der Waals surface area contributed by atoms with Crippen molar-refractivity contribution < 1.29 is 14.3 Å². The van der Waals surface area contributed by atoms with E-state index in [1.807, 2.05) is 6.07 Å². The number of ketones is 1. The molecule has 2 fully saturated rings. The van der Waals surface area contributed by atoms with Gasteiger partial charge >= 0.3 is 6.03 Å². The number of hydrogen-bond acceptors (Lipinski definition) is 3. The lowest BCUT2D eigenvalue weighted by atomic mass is 9.55. The first-order valence-electron chi connectivity index (χ1n) is 9.24. The number of nitrogens with two attached hydrogens (primary N) is 1. The first-order valence-corrected chi connectivity index (χ1v) is 9.24. The van der Waals surface area contributed by atoms with E-state index in [1.165, 1.54) is 11.1 Å². The van der Waals surface area contributed by atoms with Crippen LogP contribution in [0.4, 0.5) is 10.5 Å². The average Bonchev–Trinajstić information content (AvgIpc) is 2.89. The van der Waals surface area contributed by atoms with Crippen LogP contribution >= 0.6 is 0 Å². The van der Waals surface area contributed by atoms with Crippen LogP contribution in [0.15, 0.2) is 12.1 Å². The molecule has 2 saturated carbocycles. The molecule has 2 amide bonds. The van der Waals surface area contributed by atoms with E-state index in [-0.39, 0.29) is 5.41 Å². The molecule has 3 aliphatic carbocycles. The molecule has 0 heterocycles. The van der Waals surface area contributed by atoms with Crippen molar-refractivity contribution in [2.45, 2.75) is 51.4 Å². The monoisotopic (exact) mass is 342 g/mol. The fourth-order valence-corrected chi connectivity index (χ4v) is 5.77. The van der Waals surface area contributed by atoms with Gasteiger partial charge in [-0.15, -0.1) is 0 Å². The number of urea groups is 1. The highest BCUT2D eigenvalue weighted by Crippen LogP contribution is 2.60. The van der Waals surface area contributed by atoms with Crippen molar-refractivity contribution in [1.29, 1.82) is 0 Å². The Bertz CT molecular complexity index is 745. The van der Waals surface area contributed by atoms with E-state index in [4.69, 9.17) is 10.5 Å². The molecule has 4 atom stereocenters. The molecule has 0 aliphatic heterocycles. The number of carbonyl (C=O) groups excluding carboxylic acids is 2. The summed E-state index contributed by atoms with van der Waals surface area (Å²) in [5.74, 6) is 2.72. The first kappa shape index (κ1) is 16.4. The van der Waals surface area contributed by atoms with Gasteiger partial charge in [0.15, 0.2) is 0 Å². The lowest BCUT2D eigenvalue weighted by Crippen LogP contribution is -2.42. The molecule has 0 aromatic heterocycles. The average molecular weight is 342 g/mol. The predicted molar refractivity (Wildman–Crippen MR) is 95.8 cm³/mol. The number of ether oxygens (including phenoxy) is 1. The Labute approximate surface area is 148 Å². The van der Waals surface area contributed by atoms with Crippen LogP contribution in [-0.2, 0) is 11.2 Å². The Morgan fingerprint density at radius 2 is 2.08 bits per heavy atom. The van der Waals surface area contributed by atoms with E-state index < -0.39 is 6.03 Å². The largest absolute Gasteiger partial charge is 0.495 e. The summed E-state index contributed by atoms with van der Waals surface area (Å²) in [5, 5.41) is 2.66. The summed E-state index contributed by atoms with van der Waals surface area (Å²) in [6, 6.07) is 3.52. The summed E-state index contributed by atoms with van der Waals surface area (Å²) < 4.78 is 5.49. The molecular weight excluding hydrogens is 316 g/mol. The van der Waals surface area contributed by atoms with Crippen LogP contribution in [-0.4, -0.2) is 18.9 Å². The number of rotatable bonds is 2. The van der Waals surface area contributed by atoms with Crippen molar-refractivity contribution in [3.05, 3.63) is 23.3 Å². The second-order valence-electron chi connectivity index (χ2n) is 8.07. The predicted octanol–water partition coefficient (Wildman–Crippen LogP) is 3.61. The van der Waals surface area contributed by atoms with E-state index >= 15 is 0 Å². The maximum atomic E-state index is 12.4. The highest BCUT2D eigenvalue weighted by atomic mass is 16.5. The number of carbonyl (C=O) groups is 2. The third kappa shape index (κ3) is 2.43. The fraction of sp³-hybridized carbons (Fsp3) is 0.600. The highest BCUT2D eigenvalue weighted by molar-refractivity contribution is 5.90. The van der Waals surface area contributed by atoms with Crippen LogP contribution in [0, 0.1) is 17.3 Å². The van der Waals surface area contributed by atoms with Gasteiger partial charge in [0.05, 0.1) is 12.8 Å². The van der Waals surface area contributed by atoms with Crippen LogP contribution in [0.5, 0.6) is 5.75 Å². The Morgan fingerprint density at radius 3 is 2.80 bits per heavy atom. The van der Waals surface area contributed by atoms with Crippen LogP contribution in [0.1, 0.15) is 56.1 Å². The second kappa shape index (κ2) is 5.75. The number of Topliss-reactive ketones (excluding diaryl/α,β-unsaturated/α-hetero) is 1. The summed E-state index contributed by atoms with van der Waals surface area (Å²) in [5.41, 5.74) is 8.43. The van der Waals surface area contributed by atoms with Crippen LogP contribution in [0.3, 0.4) is 0 Å². The SMILES string of the molecule is COc1cc2c(cc1NC(N)=O)CC[C@@H]1[C@@H]2CC[C@]2(C)C(=O)CC[C@@H]12. The summed E-state index contributed by atoms with van der Waals surface area (Å²) in [4.78, 5) is 23.7. The smallest absolute Gasteiger partial charge is 0.316 e. The molecule has 1 aromatic rings. The van der Waals surface area contributed by atoms with E-state index in [1.54, 1.807) is 7.11 Å². The molecule has 5 nitrogen and oxygen atoms in total. The van der Waals surface area contributed by atoms with Gasteiger partial charge in [-0.2, -0.15) is 0 Å². The number of fused-ring (bicyclic) bond motifs is 5. The Kier molecular flexibility index (Phi) is 3.78. The van der Waals surface area contributed by atoms with Gasteiger partial charge < -0.3 is 15.8 Å². The molecule has 25 heavy (non-hydrogen) atoms. The van der Waals surface area contributed by atoms with Crippen LogP contribution in [0.25, 0.3) is 0 Å². The lowest BCUT2D eigenvalue weighted by Gasteiger charge is -2.48. The molecule has 3 aliphatic rings. The number of amides is 2. The quantitative estimate of drug-likeness (QED) is 0.861. The van der Waals surface area contributed by atoms with E-state index in [2.05, 4.69) is 18.3 Å². The molecule has 0 bridgehead atoms. The summed E-state index contributed by atoms with van der Waals surface area (Å²) in [7, 11) is 1.61. The second-order valence-corrected chi connectivity index (χ2v) is 8.07. The van der Waals surface area contributed by atoms with Crippen molar-refractivity contribution in [2.75, 3.05) is 12.4 Å². The molecular formula is C20H26N2O3. The minimum atomic E-state index is -0.579. The minimum absolute atomic E-state index is 0.101. The molecule has 0 saturated heterocycles. The molecule has 0 spiro atoms. The van der Waals surface area contributed by atoms with Crippen molar-refractivity contribution in [3.63, 3.8) is 0 Å². The van der Waals surface area contributed by atoms with E-state index in [0.29, 0.717) is 35.0 Å². The summed E-state index contributed by atoms with van der Waals surface area (Å²) in [6.07, 6.45) is 5.94. The van der Waals surface area contributed by atoms with Gasteiger partial charge in [0.2, 0.25) is 0 Å². The normalized spacial score (nSPS) is 33.2.